The van der Waals surface area contributed by atoms with E-state index in [1.54, 1.807) is 24.3 Å². The Morgan fingerprint density at radius 3 is 2.42 bits per heavy atom. The van der Waals surface area contributed by atoms with Gasteiger partial charge in [-0.15, -0.1) is 12.4 Å². The van der Waals surface area contributed by atoms with E-state index in [1.807, 2.05) is 24.3 Å². The van der Waals surface area contributed by atoms with Crippen LogP contribution in [0.5, 0.6) is 0 Å². The van der Waals surface area contributed by atoms with Crippen molar-refractivity contribution in [3.05, 3.63) is 59.7 Å². The second-order valence-electron chi connectivity index (χ2n) is 6.48. The number of rotatable bonds is 5. The highest BCUT2D eigenvalue weighted by Gasteiger charge is 2.22. The average molecular weight is 374 g/mol. The molecule has 0 heterocycles. The lowest BCUT2D eigenvalue weighted by Crippen LogP contribution is -2.23. The van der Waals surface area contributed by atoms with Gasteiger partial charge >= 0.3 is 0 Å². The number of benzene rings is 2. The Kier molecular flexibility index (Phi) is 7.04. The summed E-state index contributed by atoms with van der Waals surface area (Å²) in [6, 6.07) is 14.4. The van der Waals surface area contributed by atoms with E-state index in [1.165, 1.54) is 0 Å². The molecule has 5 nitrogen and oxygen atoms in total. The number of amides is 2. The van der Waals surface area contributed by atoms with Crippen LogP contribution in [-0.2, 0) is 11.3 Å². The molecule has 0 spiro atoms. The lowest BCUT2D eigenvalue weighted by atomic mass is 10.1. The Bertz CT molecular complexity index is 756. The third kappa shape index (κ3) is 5.23. The van der Waals surface area contributed by atoms with Gasteiger partial charge < -0.3 is 16.4 Å². The minimum Gasteiger partial charge on any atom is -0.399 e. The number of hydrogen-bond acceptors (Lipinski definition) is 3. The predicted octanol–water partition coefficient (Wildman–Crippen LogP) is 3.75. The standard InChI is InChI=1S/C20H23N3O2.ClH/c21-17-10-8-16(9-11-17)19(24)22-13-14-4-3-7-18(12-14)23-20(25)15-5-1-2-6-15;/h3-4,7-12,15H,1-2,5-6,13,21H2,(H,22,24)(H,23,25);1H. The molecule has 0 aromatic heterocycles. The summed E-state index contributed by atoms with van der Waals surface area (Å²) < 4.78 is 0. The Morgan fingerprint density at radius 1 is 1.04 bits per heavy atom. The van der Waals surface area contributed by atoms with E-state index < -0.39 is 0 Å². The number of carbonyl (C=O) groups is 2. The van der Waals surface area contributed by atoms with Crippen LogP contribution in [0.25, 0.3) is 0 Å². The summed E-state index contributed by atoms with van der Waals surface area (Å²) in [7, 11) is 0. The summed E-state index contributed by atoms with van der Waals surface area (Å²) >= 11 is 0. The van der Waals surface area contributed by atoms with Gasteiger partial charge in [-0.05, 0) is 54.8 Å². The van der Waals surface area contributed by atoms with E-state index in [9.17, 15) is 9.59 Å². The van der Waals surface area contributed by atoms with Crippen molar-refractivity contribution >= 4 is 35.6 Å². The van der Waals surface area contributed by atoms with Crippen LogP contribution in [0.4, 0.5) is 11.4 Å². The Morgan fingerprint density at radius 2 is 1.73 bits per heavy atom. The molecule has 6 heteroatoms. The Hall–Kier alpha value is -2.53. The van der Waals surface area contributed by atoms with E-state index in [4.69, 9.17) is 5.73 Å². The number of nitrogens with one attached hydrogen (secondary N) is 2. The summed E-state index contributed by atoms with van der Waals surface area (Å²) in [5.74, 6) is 0.0785. The van der Waals surface area contributed by atoms with Gasteiger partial charge in [-0.3, -0.25) is 9.59 Å². The molecule has 0 aliphatic heterocycles. The lowest BCUT2D eigenvalue weighted by molar-refractivity contribution is -0.119. The molecule has 1 aliphatic rings. The third-order valence-corrected chi connectivity index (χ3v) is 4.55. The van der Waals surface area contributed by atoms with Gasteiger partial charge in [-0.1, -0.05) is 25.0 Å². The fourth-order valence-electron chi connectivity index (χ4n) is 3.11. The number of halogens is 1. The summed E-state index contributed by atoms with van der Waals surface area (Å²) in [4.78, 5) is 24.4. The van der Waals surface area contributed by atoms with E-state index in [0.717, 1.165) is 36.9 Å². The molecule has 3 rings (SSSR count). The van der Waals surface area contributed by atoms with Crippen molar-refractivity contribution in [2.45, 2.75) is 32.2 Å². The molecule has 2 aromatic rings. The number of carbonyl (C=O) groups excluding carboxylic acids is 2. The maximum absolute atomic E-state index is 12.2. The van der Waals surface area contributed by atoms with Gasteiger partial charge in [-0.25, -0.2) is 0 Å². The zero-order valence-corrected chi connectivity index (χ0v) is 15.4. The highest BCUT2D eigenvalue weighted by Crippen LogP contribution is 2.26. The zero-order chi connectivity index (χ0) is 17.6. The fraction of sp³-hybridized carbons (Fsp3) is 0.300. The minimum atomic E-state index is -0.152. The number of nitrogens with two attached hydrogens (primary N) is 1. The molecule has 2 amide bonds. The summed E-state index contributed by atoms with van der Waals surface area (Å²) in [5, 5.41) is 5.86. The monoisotopic (exact) mass is 373 g/mol. The summed E-state index contributed by atoms with van der Waals surface area (Å²) in [6.07, 6.45) is 4.22. The van der Waals surface area contributed by atoms with Gasteiger partial charge in [0.25, 0.3) is 5.91 Å². The first kappa shape index (κ1) is 19.8. The van der Waals surface area contributed by atoms with Crippen LogP contribution < -0.4 is 16.4 Å². The molecule has 0 radical (unpaired) electrons. The Labute approximate surface area is 159 Å². The first-order valence-electron chi connectivity index (χ1n) is 8.65. The van der Waals surface area contributed by atoms with E-state index in [0.29, 0.717) is 17.8 Å². The van der Waals surface area contributed by atoms with E-state index in [2.05, 4.69) is 10.6 Å². The fourth-order valence-corrected chi connectivity index (χ4v) is 3.11. The molecule has 1 aliphatic carbocycles. The number of hydrogen-bond donors (Lipinski definition) is 3. The van der Waals surface area contributed by atoms with Gasteiger partial charge in [0.1, 0.15) is 0 Å². The molecular formula is C20H24ClN3O2. The first-order chi connectivity index (χ1) is 12.1. The topological polar surface area (TPSA) is 84.2 Å². The molecule has 4 N–H and O–H groups in total. The molecule has 0 unspecified atom stereocenters. The van der Waals surface area contributed by atoms with Crippen LogP contribution in [-0.4, -0.2) is 11.8 Å². The normalized spacial score (nSPS) is 13.7. The van der Waals surface area contributed by atoms with Crippen LogP contribution in [0.15, 0.2) is 48.5 Å². The van der Waals surface area contributed by atoms with Crippen molar-refractivity contribution < 1.29 is 9.59 Å². The van der Waals surface area contributed by atoms with Crippen LogP contribution in [0, 0.1) is 5.92 Å². The Balaban J connectivity index is 0.00000243. The van der Waals surface area contributed by atoms with Gasteiger partial charge in [0.05, 0.1) is 0 Å². The lowest BCUT2D eigenvalue weighted by Gasteiger charge is -2.12. The number of nitrogen functional groups attached to an aromatic ring is 1. The molecular weight excluding hydrogens is 350 g/mol. The molecule has 0 bridgehead atoms. The van der Waals surface area contributed by atoms with Gasteiger partial charge in [0.15, 0.2) is 0 Å². The molecule has 1 saturated carbocycles. The van der Waals surface area contributed by atoms with Crippen molar-refractivity contribution in [3.63, 3.8) is 0 Å². The zero-order valence-electron chi connectivity index (χ0n) is 14.5. The second-order valence-corrected chi connectivity index (χ2v) is 6.48. The van der Waals surface area contributed by atoms with Crippen LogP contribution >= 0.6 is 12.4 Å². The highest BCUT2D eigenvalue weighted by molar-refractivity contribution is 5.94. The van der Waals surface area contributed by atoms with Crippen molar-refractivity contribution in [1.82, 2.24) is 5.32 Å². The van der Waals surface area contributed by atoms with Gasteiger partial charge in [0, 0.05) is 29.4 Å². The molecule has 138 valence electrons. The predicted molar refractivity (Wildman–Crippen MR) is 106 cm³/mol. The minimum absolute atomic E-state index is 0. The average Bonchev–Trinajstić information content (AvgIpc) is 3.15. The van der Waals surface area contributed by atoms with Crippen molar-refractivity contribution in [1.29, 1.82) is 0 Å². The third-order valence-electron chi connectivity index (χ3n) is 4.55. The maximum atomic E-state index is 12.2. The second kappa shape index (κ2) is 9.25. The number of anilines is 2. The summed E-state index contributed by atoms with van der Waals surface area (Å²) in [5.41, 5.74) is 8.54. The first-order valence-corrected chi connectivity index (χ1v) is 8.65. The molecule has 2 aromatic carbocycles. The van der Waals surface area contributed by atoms with Crippen molar-refractivity contribution in [2.75, 3.05) is 11.1 Å². The van der Waals surface area contributed by atoms with Crippen LogP contribution in [0.3, 0.4) is 0 Å². The van der Waals surface area contributed by atoms with Gasteiger partial charge in [0.2, 0.25) is 5.91 Å². The SMILES string of the molecule is Cl.Nc1ccc(C(=O)NCc2cccc(NC(=O)C3CCCC3)c2)cc1. The molecule has 26 heavy (non-hydrogen) atoms. The molecule has 1 fully saturated rings. The molecule has 0 atom stereocenters. The van der Waals surface area contributed by atoms with Gasteiger partial charge in [-0.2, -0.15) is 0 Å². The highest BCUT2D eigenvalue weighted by atomic mass is 35.5. The van der Waals surface area contributed by atoms with Crippen molar-refractivity contribution in [3.8, 4) is 0 Å². The van der Waals surface area contributed by atoms with Crippen LogP contribution in [0.1, 0.15) is 41.6 Å². The van der Waals surface area contributed by atoms with Crippen LogP contribution in [0.2, 0.25) is 0 Å². The quantitative estimate of drug-likeness (QED) is 0.698. The van der Waals surface area contributed by atoms with E-state index >= 15 is 0 Å². The van der Waals surface area contributed by atoms with Crippen molar-refractivity contribution in [2.24, 2.45) is 5.92 Å². The maximum Gasteiger partial charge on any atom is 0.251 e. The molecule has 0 saturated heterocycles. The largest absolute Gasteiger partial charge is 0.399 e. The van der Waals surface area contributed by atoms with E-state index in [-0.39, 0.29) is 30.1 Å². The summed E-state index contributed by atoms with van der Waals surface area (Å²) in [6.45, 7) is 0.399. The smallest absolute Gasteiger partial charge is 0.251 e.